The first-order valence-corrected chi connectivity index (χ1v) is 10.8. The van der Waals surface area contributed by atoms with E-state index in [2.05, 4.69) is 10.6 Å². The lowest BCUT2D eigenvalue weighted by Crippen LogP contribution is -2.22. The fourth-order valence-electron chi connectivity index (χ4n) is 2.65. The second-order valence-electron chi connectivity index (χ2n) is 6.58. The molecule has 1 heterocycles. The summed E-state index contributed by atoms with van der Waals surface area (Å²) in [6.07, 6.45) is 2.60. The lowest BCUT2D eigenvalue weighted by atomic mass is 10.1. The highest BCUT2D eigenvalue weighted by molar-refractivity contribution is 7.89. The van der Waals surface area contributed by atoms with Gasteiger partial charge in [0, 0.05) is 24.1 Å². The molecule has 1 aromatic heterocycles. The number of benzene rings is 2. The van der Waals surface area contributed by atoms with Crippen molar-refractivity contribution in [2.24, 2.45) is 0 Å². The van der Waals surface area contributed by atoms with Crippen LogP contribution in [-0.2, 0) is 22.1 Å². The van der Waals surface area contributed by atoms with Crippen LogP contribution in [0.25, 0.3) is 0 Å². The van der Waals surface area contributed by atoms with E-state index in [4.69, 9.17) is 4.42 Å². The smallest absolute Gasteiger partial charge is 0.291 e. The fraction of sp³-hybridized carbons (Fsp3) is 0.143. The van der Waals surface area contributed by atoms with Gasteiger partial charge in [-0.2, -0.15) is 0 Å². The van der Waals surface area contributed by atoms with Crippen LogP contribution in [0, 0.1) is 0 Å². The van der Waals surface area contributed by atoms with Gasteiger partial charge in [-0.3, -0.25) is 9.59 Å². The Morgan fingerprint density at radius 2 is 1.55 bits per heavy atom. The molecule has 2 N–H and O–H groups in total. The van der Waals surface area contributed by atoms with E-state index in [1.807, 2.05) is 0 Å². The van der Waals surface area contributed by atoms with E-state index < -0.39 is 9.84 Å². The second-order valence-corrected chi connectivity index (χ2v) is 8.72. The highest BCUT2D eigenvalue weighted by atomic mass is 32.2. The quantitative estimate of drug-likeness (QED) is 0.621. The third kappa shape index (κ3) is 6.05. The average molecular weight is 412 g/mol. The van der Waals surface area contributed by atoms with Crippen molar-refractivity contribution in [2.45, 2.75) is 12.3 Å². The largest absolute Gasteiger partial charge is 0.459 e. The van der Waals surface area contributed by atoms with Crippen molar-refractivity contribution in [2.75, 3.05) is 11.6 Å². The van der Waals surface area contributed by atoms with Gasteiger partial charge in [-0.25, -0.2) is 8.42 Å². The number of rotatable bonds is 7. The minimum atomic E-state index is -3.11. The summed E-state index contributed by atoms with van der Waals surface area (Å²) in [6, 6.07) is 16.8. The van der Waals surface area contributed by atoms with Crippen LogP contribution in [0.2, 0.25) is 0 Å². The van der Waals surface area contributed by atoms with Crippen LogP contribution in [0.4, 0.5) is 5.69 Å². The van der Waals surface area contributed by atoms with Crippen molar-refractivity contribution in [3.63, 3.8) is 0 Å². The number of carbonyl (C=O) groups is 2. The van der Waals surface area contributed by atoms with Gasteiger partial charge in [0.05, 0.1) is 12.0 Å². The monoisotopic (exact) mass is 412 g/mol. The van der Waals surface area contributed by atoms with Crippen molar-refractivity contribution in [1.82, 2.24) is 5.32 Å². The van der Waals surface area contributed by atoms with E-state index in [1.54, 1.807) is 60.7 Å². The summed E-state index contributed by atoms with van der Waals surface area (Å²) in [5.41, 5.74) is 2.56. The molecule has 2 aromatic carbocycles. The summed E-state index contributed by atoms with van der Waals surface area (Å²) in [6.45, 7) is 0.316. The maximum absolute atomic E-state index is 12.3. The maximum Gasteiger partial charge on any atom is 0.291 e. The number of hydrogen-bond acceptors (Lipinski definition) is 5. The number of furan rings is 1. The molecule has 3 rings (SSSR count). The molecule has 3 aromatic rings. The molecule has 150 valence electrons. The summed E-state index contributed by atoms with van der Waals surface area (Å²) in [4.78, 5) is 24.2. The Bertz CT molecular complexity index is 1090. The van der Waals surface area contributed by atoms with Gasteiger partial charge in [0.25, 0.3) is 11.8 Å². The van der Waals surface area contributed by atoms with Gasteiger partial charge >= 0.3 is 0 Å². The highest BCUT2D eigenvalue weighted by Crippen LogP contribution is 2.12. The van der Waals surface area contributed by atoms with Gasteiger partial charge in [-0.15, -0.1) is 0 Å². The number of hydrogen-bond donors (Lipinski definition) is 2. The predicted molar refractivity (Wildman–Crippen MR) is 109 cm³/mol. The Hall–Kier alpha value is -3.39. The van der Waals surface area contributed by atoms with E-state index >= 15 is 0 Å². The minimum Gasteiger partial charge on any atom is -0.459 e. The van der Waals surface area contributed by atoms with Crippen LogP contribution in [-0.4, -0.2) is 26.5 Å². The first kappa shape index (κ1) is 20.3. The lowest BCUT2D eigenvalue weighted by molar-refractivity contribution is 0.0949. The molecule has 7 nitrogen and oxygen atoms in total. The molecule has 0 aliphatic carbocycles. The Balaban J connectivity index is 1.53. The third-order valence-electron chi connectivity index (χ3n) is 4.05. The van der Waals surface area contributed by atoms with Gasteiger partial charge < -0.3 is 15.1 Å². The summed E-state index contributed by atoms with van der Waals surface area (Å²) < 4.78 is 27.7. The van der Waals surface area contributed by atoms with Crippen molar-refractivity contribution >= 4 is 27.3 Å². The number of amides is 2. The van der Waals surface area contributed by atoms with Crippen LogP contribution in [0.5, 0.6) is 0 Å². The first-order chi connectivity index (χ1) is 13.8. The van der Waals surface area contributed by atoms with E-state index in [-0.39, 0.29) is 23.3 Å². The molecule has 0 spiro atoms. The van der Waals surface area contributed by atoms with Crippen LogP contribution < -0.4 is 10.6 Å². The van der Waals surface area contributed by atoms with Crippen molar-refractivity contribution in [3.05, 3.63) is 89.4 Å². The normalized spacial score (nSPS) is 11.1. The molecule has 0 bridgehead atoms. The standard InChI is InChI=1S/C21H20N2O5S/c1-29(26,27)14-16-4-8-17(9-5-16)20(24)22-13-15-6-10-18(11-7-15)23-21(25)19-3-2-12-28-19/h2-12H,13-14H2,1H3,(H,22,24)(H,23,25). The minimum absolute atomic E-state index is 0.0578. The average Bonchev–Trinajstić information content (AvgIpc) is 3.21. The molecule has 2 amide bonds. The number of sulfone groups is 1. The molecule has 8 heteroatoms. The number of nitrogens with one attached hydrogen (secondary N) is 2. The molecular weight excluding hydrogens is 392 g/mol. The zero-order valence-corrected chi connectivity index (χ0v) is 16.5. The summed E-state index contributed by atoms with van der Waals surface area (Å²) in [5, 5.41) is 5.53. The Morgan fingerprint density at radius 3 is 2.14 bits per heavy atom. The summed E-state index contributed by atoms with van der Waals surface area (Å²) in [7, 11) is -3.11. The SMILES string of the molecule is CS(=O)(=O)Cc1ccc(C(=O)NCc2ccc(NC(=O)c3ccco3)cc2)cc1. The fourth-order valence-corrected chi connectivity index (χ4v) is 3.44. The van der Waals surface area contributed by atoms with Gasteiger partial charge in [-0.1, -0.05) is 24.3 Å². The van der Waals surface area contributed by atoms with Gasteiger partial charge in [-0.05, 0) is 47.5 Å². The van der Waals surface area contributed by atoms with Crippen LogP contribution in [0.15, 0.2) is 71.3 Å². The number of carbonyl (C=O) groups excluding carboxylic acids is 2. The van der Waals surface area contributed by atoms with Crippen molar-refractivity contribution in [1.29, 1.82) is 0 Å². The maximum atomic E-state index is 12.3. The van der Waals surface area contributed by atoms with Gasteiger partial charge in [0.1, 0.15) is 0 Å². The zero-order chi connectivity index (χ0) is 20.9. The number of anilines is 1. The molecule has 0 fully saturated rings. The second kappa shape index (κ2) is 8.74. The van der Waals surface area contributed by atoms with E-state index in [9.17, 15) is 18.0 Å². The van der Waals surface area contributed by atoms with Crippen LogP contribution in [0.1, 0.15) is 32.0 Å². The van der Waals surface area contributed by atoms with E-state index in [0.717, 1.165) is 5.56 Å². The third-order valence-corrected chi connectivity index (χ3v) is 4.91. The highest BCUT2D eigenvalue weighted by Gasteiger charge is 2.10. The Labute approximate surface area is 168 Å². The van der Waals surface area contributed by atoms with Crippen molar-refractivity contribution in [3.8, 4) is 0 Å². The Kier molecular flexibility index (Phi) is 6.13. The zero-order valence-electron chi connectivity index (χ0n) is 15.7. The first-order valence-electron chi connectivity index (χ1n) is 8.79. The topological polar surface area (TPSA) is 105 Å². The molecule has 0 aliphatic heterocycles. The molecule has 0 unspecified atom stereocenters. The molecule has 29 heavy (non-hydrogen) atoms. The lowest BCUT2D eigenvalue weighted by Gasteiger charge is -2.08. The van der Waals surface area contributed by atoms with Gasteiger partial charge in [0.15, 0.2) is 15.6 Å². The molecular formula is C21H20N2O5S. The Morgan fingerprint density at radius 1 is 0.897 bits per heavy atom. The predicted octanol–water partition coefficient (Wildman–Crippen LogP) is 3.01. The van der Waals surface area contributed by atoms with Gasteiger partial charge in [0.2, 0.25) is 0 Å². The summed E-state index contributed by atoms with van der Waals surface area (Å²) in [5.74, 6) is -0.428. The molecule has 0 saturated heterocycles. The van der Waals surface area contributed by atoms with E-state index in [0.29, 0.717) is 23.4 Å². The van der Waals surface area contributed by atoms with Crippen LogP contribution in [0.3, 0.4) is 0 Å². The van der Waals surface area contributed by atoms with Crippen molar-refractivity contribution < 1.29 is 22.4 Å². The molecule has 0 atom stereocenters. The molecule has 0 radical (unpaired) electrons. The molecule has 0 saturated carbocycles. The summed E-state index contributed by atoms with van der Waals surface area (Å²) >= 11 is 0. The molecule has 0 aliphatic rings. The van der Waals surface area contributed by atoms with Crippen LogP contribution >= 0.6 is 0 Å². The van der Waals surface area contributed by atoms with E-state index in [1.165, 1.54) is 12.5 Å².